The predicted octanol–water partition coefficient (Wildman–Crippen LogP) is 5.25. The standard InChI is InChI=1S/C14H19NO2S2.C8H6N.W/c1-17-14(16)12-5-2-6-13(8-12)15-7-3-4-11(9-15)10-19-18;1-2-4-7(5-3-1)8-6-9-8;/h2,5-6,8,11,18H,3-4,7,9-10H2,1H3;1-6H;/q;-1;+2/p-1. The molecule has 0 radical (unpaired) electrons. The van der Waals surface area contributed by atoms with Crippen LogP contribution >= 0.6 is 10.8 Å². The van der Waals surface area contributed by atoms with Gasteiger partial charge in [0.1, 0.15) is 0 Å². The van der Waals surface area contributed by atoms with Gasteiger partial charge in [0, 0.05) is 18.8 Å². The first-order valence-electron chi connectivity index (χ1n) is 9.36. The summed E-state index contributed by atoms with van der Waals surface area (Å²) < 4.78 is 4.76. The van der Waals surface area contributed by atoms with Gasteiger partial charge in [0.15, 0.2) is 0 Å². The largest absolute Gasteiger partial charge is 2.00 e. The molecule has 0 saturated carbocycles. The minimum atomic E-state index is -0.281. The van der Waals surface area contributed by atoms with Crippen LogP contribution in [0.2, 0.25) is 0 Å². The van der Waals surface area contributed by atoms with Crippen molar-refractivity contribution in [2.24, 2.45) is 5.92 Å². The molecule has 0 aliphatic carbocycles. The number of hydrogen-bond acceptors (Lipinski definition) is 5. The van der Waals surface area contributed by atoms with Crippen molar-refractivity contribution in [1.29, 1.82) is 0 Å². The van der Waals surface area contributed by atoms with Crippen LogP contribution in [0.1, 0.15) is 28.8 Å². The van der Waals surface area contributed by atoms with Crippen molar-refractivity contribution >= 4 is 39.8 Å². The van der Waals surface area contributed by atoms with Gasteiger partial charge in [0.25, 0.3) is 0 Å². The first-order valence-corrected chi connectivity index (χ1v) is 11.3. The molecule has 1 fully saturated rings. The molecule has 0 N–H and O–H groups in total. The molecule has 0 amide bonds. The van der Waals surface area contributed by atoms with Gasteiger partial charge < -0.3 is 37.4 Å². The number of piperidine rings is 1. The number of anilines is 1. The van der Waals surface area contributed by atoms with E-state index in [1.807, 2.05) is 36.5 Å². The van der Waals surface area contributed by atoms with Gasteiger partial charge in [-0.3, -0.25) is 0 Å². The molecule has 1 saturated heterocycles. The van der Waals surface area contributed by atoms with Crippen molar-refractivity contribution in [3.8, 4) is 0 Å². The summed E-state index contributed by atoms with van der Waals surface area (Å²) in [5.74, 6) is 1.40. The normalized spacial score (nSPS) is 17.0. The summed E-state index contributed by atoms with van der Waals surface area (Å²) in [5, 5.41) is 3.96. The maximum absolute atomic E-state index is 11.6. The fraction of sp³-hybridized carbons (Fsp3) is 0.318. The van der Waals surface area contributed by atoms with Gasteiger partial charge in [-0.15, -0.1) is 0 Å². The third-order valence-electron chi connectivity index (χ3n) is 4.78. The topological polar surface area (TPSA) is 43.6 Å². The van der Waals surface area contributed by atoms with Gasteiger partial charge in [-0.25, -0.2) is 4.79 Å². The fourth-order valence-corrected chi connectivity index (χ4v) is 4.31. The molecule has 0 aromatic heterocycles. The number of carbonyl (C=O) groups is 1. The molecule has 4 nitrogen and oxygen atoms in total. The van der Waals surface area contributed by atoms with Crippen LogP contribution in [0.15, 0.2) is 60.8 Å². The Morgan fingerprint density at radius 3 is 2.66 bits per heavy atom. The van der Waals surface area contributed by atoms with Gasteiger partial charge in [-0.1, -0.05) is 36.4 Å². The summed E-state index contributed by atoms with van der Waals surface area (Å²) >= 11 is 5.00. The molecule has 152 valence electrons. The van der Waals surface area contributed by atoms with E-state index in [4.69, 9.17) is 16.4 Å². The number of carbonyl (C=O) groups excluding carboxylic acids is 1. The van der Waals surface area contributed by atoms with Crippen LogP contribution in [0, 0.1) is 5.92 Å². The molecular weight excluding hydrogens is 572 g/mol. The third-order valence-corrected chi connectivity index (χ3v) is 5.80. The second-order valence-corrected chi connectivity index (χ2v) is 8.07. The Hall–Kier alpha value is -1.36. The number of hydrogen-bond donors (Lipinski definition) is 0. The van der Waals surface area contributed by atoms with E-state index in [-0.39, 0.29) is 27.0 Å². The van der Waals surface area contributed by atoms with Gasteiger partial charge in [-0.05, 0) is 48.3 Å². The molecule has 0 bridgehead atoms. The second kappa shape index (κ2) is 12.4. The summed E-state index contributed by atoms with van der Waals surface area (Å²) in [6, 6.07) is 17.8. The van der Waals surface area contributed by atoms with Crippen LogP contribution < -0.4 is 4.90 Å². The molecule has 4 rings (SSSR count). The molecule has 2 aromatic carbocycles. The van der Waals surface area contributed by atoms with Gasteiger partial charge in [0.2, 0.25) is 0 Å². The van der Waals surface area contributed by atoms with E-state index in [2.05, 4.69) is 28.4 Å². The maximum atomic E-state index is 11.6. The quantitative estimate of drug-likeness (QED) is 0.268. The summed E-state index contributed by atoms with van der Waals surface area (Å²) in [5.41, 5.74) is 4.05. The average molecular weight is 596 g/mol. The number of ether oxygens (including phenoxy) is 1. The van der Waals surface area contributed by atoms with E-state index in [0.29, 0.717) is 11.5 Å². The van der Waals surface area contributed by atoms with Crippen LogP contribution in [-0.2, 0) is 37.5 Å². The van der Waals surface area contributed by atoms with Crippen LogP contribution in [0.5, 0.6) is 0 Å². The molecule has 7 heteroatoms. The monoisotopic (exact) mass is 596 g/mol. The zero-order valence-electron chi connectivity index (χ0n) is 16.3. The van der Waals surface area contributed by atoms with Crippen LogP contribution in [0.25, 0.3) is 11.0 Å². The van der Waals surface area contributed by atoms with Gasteiger partial charge in [0.05, 0.1) is 12.7 Å². The minimum absolute atomic E-state index is 0. The van der Waals surface area contributed by atoms with E-state index in [1.54, 1.807) is 6.07 Å². The number of methoxy groups -OCH3 is 1. The van der Waals surface area contributed by atoms with Crippen molar-refractivity contribution in [2.75, 3.05) is 30.9 Å². The first kappa shape index (κ1) is 23.9. The molecule has 2 aromatic rings. The Balaban J connectivity index is 0.000000250. The predicted molar refractivity (Wildman–Crippen MR) is 120 cm³/mol. The van der Waals surface area contributed by atoms with E-state index in [9.17, 15) is 4.79 Å². The van der Waals surface area contributed by atoms with Crippen LogP contribution in [-0.4, -0.2) is 31.9 Å². The Bertz CT molecular complexity index is 815. The summed E-state index contributed by atoms with van der Waals surface area (Å²) in [7, 11) is 2.91. The number of rotatable bonds is 5. The fourth-order valence-electron chi connectivity index (χ4n) is 3.27. The molecule has 2 aliphatic heterocycles. The Morgan fingerprint density at radius 1 is 1.24 bits per heavy atom. The van der Waals surface area contributed by atoms with Crippen molar-refractivity contribution in [1.82, 2.24) is 0 Å². The summed E-state index contributed by atoms with van der Waals surface area (Å²) in [6.07, 6.45) is 4.30. The summed E-state index contributed by atoms with van der Waals surface area (Å²) in [6.45, 7) is 2.07. The van der Waals surface area contributed by atoms with Gasteiger partial charge >= 0.3 is 27.0 Å². The Labute approximate surface area is 196 Å². The van der Waals surface area contributed by atoms with Crippen molar-refractivity contribution < 1.29 is 30.6 Å². The third kappa shape index (κ3) is 7.43. The van der Waals surface area contributed by atoms with Crippen LogP contribution in [0.4, 0.5) is 5.69 Å². The molecule has 2 heterocycles. The van der Waals surface area contributed by atoms with Crippen molar-refractivity contribution in [3.63, 3.8) is 0 Å². The Morgan fingerprint density at radius 2 is 2.00 bits per heavy atom. The zero-order chi connectivity index (χ0) is 19.8. The summed E-state index contributed by atoms with van der Waals surface area (Å²) in [4.78, 5) is 13.9. The SMILES string of the molecule is C1=C(c2ccccc2)[N-]1.COC(=O)c1cccc(N2CCCC(CS[S-])C2)c1.[W+2]. The zero-order valence-corrected chi connectivity index (χ0v) is 20.9. The maximum Gasteiger partial charge on any atom is 2.00 e. The molecular formula is C22H24N2O2S2W. The van der Waals surface area contributed by atoms with E-state index >= 15 is 0 Å². The number of benzene rings is 2. The molecule has 29 heavy (non-hydrogen) atoms. The molecule has 1 atom stereocenters. The number of nitrogens with zero attached hydrogens (tertiary/aromatic N) is 2. The number of esters is 1. The van der Waals surface area contributed by atoms with Crippen LogP contribution in [0.3, 0.4) is 0 Å². The molecule has 2 aliphatic rings. The molecule has 0 spiro atoms. The van der Waals surface area contributed by atoms with Crippen molar-refractivity contribution in [2.45, 2.75) is 12.8 Å². The van der Waals surface area contributed by atoms with E-state index in [1.165, 1.54) is 36.3 Å². The first-order chi connectivity index (χ1) is 13.7. The van der Waals surface area contributed by atoms with E-state index < -0.39 is 0 Å². The van der Waals surface area contributed by atoms with Crippen molar-refractivity contribution in [3.05, 3.63) is 77.2 Å². The minimum Gasteiger partial charge on any atom is -0.719 e. The average Bonchev–Trinajstić information content (AvgIpc) is 3.60. The second-order valence-electron chi connectivity index (χ2n) is 6.79. The van der Waals surface area contributed by atoms with E-state index in [0.717, 1.165) is 30.2 Å². The molecule has 1 unspecified atom stereocenters. The van der Waals surface area contributed by atoms with Gasteiger partial charge in [-0.2, -0.15) is 11.9 Å². The smallest absolute Gasteiger partial charge is 0.719 e. The Kier molecular flexibility index (Phi) is 10.2.